The number of ether oxygens (including phenoxy) is 1. The first-order valence-electron chi connectivity index (χ1n) is 6.87. The molecular formula is C15H20N2O2. The van der Waals surface area contributed by atoms with Crippen molar-refractivity contribution < 1.29 is 9.53 Å². The quantitative estimate of drug-likeness (QED) is 0.903. The van der Waals surface area contributed by atoms with Gasteiger partial charge in [0.1, 0.15) is 11.9 Å². The van der Waals surface area contributed by atoms with Crippen molar-refractivity contribution in [3.63, 3.8) is 0 Å². The lowest BCUT2D eigenvalue weighted by molar-refractivity contribution is -0.133. The molecule has 0 bridgehead atoms. The second-order valence-electron chi connectivity index (χ2n) is 5.59. The zero-order valence-electron chi connectivity index (χ0n) is 11.4. The SMILES string of the molecule is COc1ccc(C2NCC(=O)N2C2CC(C)C2)cc1. The fourth-order valence-corrected chi connectivity index (χ4v) is 3.08. The Balaban J connectivity index is 1.79. The molecule has 1 aliphatic heterocycles. The van der Waals surface area contributed by atoms with Crippen LogP contribution in [-0.2, 0) is 4.79 Å². The van der Waals surface area contributed by atoms with Crippen LogP contribution in [0.3, 0.4) is 0 Å². The first kappa shape index (κ1) is 12.5. The van der Waals surface area contributed by atoms with E-state index in [4.69, 9.17) is 4.74 Å². The molecule has 1 heterocycles. The van der Waals surface area contributed by atoms with Gasteiger partial charge in [0.2, 0.25) is 5.91 Å². The summed E-state index contributed by atoms with van der Waals surface area (Å²) in [5, 5.41) is 3.31. The highest BCUT2D eigenvalue weighted by atomic mass is 16.5. The number of carbonyl (C=O) groups is 1. The van der Waals surface area contributed by atoms with Crippen LogP contribution in [0.2, 0.25) is 0 Å². The molecular weight excluding hydrogens is 240 g/mol. The molecule has 1 atom stereocenters. The molecule has 1 aromatic carbocycles. The van der Waals surface area contributed by atoms with Crippen LogP contribution in [0.15, 0.2) is 24.3 Å². The highest BCUT2D eigenvalue weighted by Crippen LogP contribution is 2.37. The number of nitrogens with one attached hydrogen (secondary N) is 1. The summed E-state index contributed by atoms with van der Waals surface area (Å²) in [7, 11) is 1.66. The molecule has 1 N–H and O–H groups in total. The minimum Gasteiger partial charge on any atom is -0.497 e. The average molecular weight is 260 g/mol. The molecule has 1 aromatic rings. The zero-order valence-corrected chi connectivity index (χ0v) is 11.4. The van der Waals surface area contributed by atoms with E-state index in [1.54, 1.807) is 7.11 Å². The van der Waals surface area contributed by atoms with E-state index in [9.17, 15) is 4.79 Å². The van der Waals surface area contributed by atoms with Crippen molar-refractivity contribution in [3.05, 3.63) is 29.8 Å². The van der Waals surface area contributed by atoms with E-state index in [2.05, 4.69) is 12.2 Å². The van der Waals surface area contributed by atoms with Crippen LogP contribution >= 0.6 is 0 Å². The van der Waals surface area contributed by atoms with Crippen molar-refractivity contribution in [1.82, 2.24) is 10.2 Å². The molecule has 1 saturated heterocycles. The van der Waals surface area contributed by atoms with Gasteiger partial charge in [-0.1, -0.05) is 19.1 Å². The van der Waals surface area contributed by atoms with Crippen molar-refractivity contribution in [2.24, 2.45) is 5.92 Å². The maximum atomic E-state index is 12.1. The molecule has 0 radical (unpaired) electrons. The topological polar surface area (TPSA) is 41.6 Å². The number of carbonyl (C=O) groups excluding carboxylic acids is 1. The van der Waals surface area contributed by atoms with E-state index in [0.717, 1.165) is 30.1 Å². The van der Waals surface area contributed by atoms with Crippen molar-refractivity contribution in [2.45, 2.75) is 32.0 Å². The van der Waals surface area contributed by atoms with Gasteiger partial charge < -0.3 is 9.64 Å². The highest BCUT2D eigenvalue weighted by Gasteiger charge is 2.41. The summed E-state index contributed by atoms with van der Waals surface area (Å²) < 4.78 is 5.17. The smallest absolute Gasteiger partial charge is 0.238 e. The number of nitrogens with zero attached hydrogens (tertiary/aromatic N) is 1. The van der Waals surface area contributed by atoms with Gasteiger partial charge >= 0.3 is 0 Å². The maximum Gasteiger partial charge on any atom is 0.238 e. The Labute approximate surface area is 113 Å². The summed E-state index contributed by atoms with van der Waals surface area (Å²) in [6.45, 7) is 2.69. The normalized spacial score (nSPS) is 30.3. The molecule has 2 aliphatic rings. The van der Waals surface area contributed by atoms with E-state index < -0.39 is 0 Å². The highest BCUT2D eigenvalue weighted by molar-refractivity contribution is 5.81. The summed E-state index contributed by atoms with van der Waals surface area (Å²) in [4.78, 5) is 14.1. The summed E-state index contributed by atoms with van der Waals surface area (Å²) in [5.74, 6) is 1.81. The van der Waals surface area contributed by atoms with Crippen LogP contribution in [0.4, 0.5) is 0 Å². The van der Waals surface area contributed by atoms with Crippen molar-refractivity contribution in [1.29, 1.82) is 0 Å². The lowest BCUT2D eigenvalue weighted by atomic mass is 9.80. The van der Waals surface area contributed by atoms with Gasteiger partial charge in [-0.2, -0.15) is 0 Å². The first-order chi connectivity index (χ1) is 9.19. The third-order valence-electron chi connectivity index (χ3n) is 4.19. The van der Waals surface area contributed by atoms with Crippen LogP contribution in [0.1, 0.15) is 31.5 Å². The number of methoxy groups -OCH3 is 1. The summed E-state index contributed by atoms with van der Waals surface area (Å²) >= 11 is 0. The summed E-state index contributed by atoms with van der Waals surface area (Å²) in [5.41, 5.74) is 1.13. The largest absolute Gasteiger partial charge is 0.497 e. The van der Waals surface area contributed by atoms with Crippen LogP contribution in [-0.4, -0.2) is 30.5 Å². The molecule has 0 spiro atoms. The third-order valence-corrected chi connectivity index (χ3v) is 4.19. The predicted octanol–water partition coefficient (Wildman–Crippen LogP) is 1.92. The monoisotopic (exact) mass is 260 g/mol. The van der Waals surface area contributed by atoms with Crippen molar-refractivity contribution >= 4 is 5.91 Å². The standard InChI is InChI=1S/C15H20N2O2/c1-10-7-12(8-10)17-14(18)9-16-15(17)11-3-5-13(19-2)6-4-11/h3-6,10,12,15-16H,7-9H2,1-2H3. The number of hydrogen-bond acceptors (Lipinski definition) is 3. The van der Waals surface area contributed by atoms with Crippen molar-refractivity contribution in [3.8, 4) is 5.75 Å². The number of benzene rings is 1. The molecule has 2 fully saturated rings. The molecule has 4 nitrogen and oxygen atoms in total. The fraction of sp³-hybridized carbons (Fsp3) is 0.533. The molecule has 1 saturated carbocycles. The van der Waals surface area contributed by atoms with E-state index in [1.165, 1.54) is 0 Å². The minimum atomic E-state index is 0.0240. The minimum absolute atomic E-state index is 0.0240. The lowest BCUT2D eigenvalue weighted by Gasteiger charge is -2.42. The van der Waals surface area contributed by atoms with Gasteiger partial charge in [0.05, 0.1) is 13.7 Å². The van der Waals surface area contributed by atoms with Gasteiger partial charge in [0, 0.05) is 6.04 Å². The van der Waals surface area contributed by atoms with Crippen molar-refractivity contribution in [2.75, 3.05) is 13.7 Å². The predicted molar refractivity (Wildman–Crippen MR) is 72.8 cm³/mol. The van der Waals surface area contributed by atoms with Crippen LogP contribution in [0.25, 0.3) is 0 Å². The second-order valence-corrected chi connectivity index (χ2v) is 5.59. The van der Waals surface area contributed by atoms with E-state index >= 15 is 0 Å². The van der Waals surface area contributed by atoms with Crippen LogP contribution in [0.5, 0.6) is 5.75 Å². The Morgan fingerprint density at radius 2 is 1.95 bits per heavy atom. The molecule has 1 amide bonds. The Kier molecular flexibility index (Phi) is 3.19. The molecule has 19 heavy (non-hydrogen) atoms. The third kappa shape index (κ3) is 2.21. The summed E-state index contributed by atoms with van der Waals surface area (Å²) in [6.07, 6.45) is 2.27. The zero-order chi connectivity index (χ0) is 13.4. The first-order valence-corrected chi connectivity index (χ1v) is 6.87. The van der Waals surface area contributed by atoms with E-state index in [0.29, 0.717) is 12.6 Å². The van der Waals surface area contributed by atoms with Crippen LogP contribution < -0.4 is 10.1 Å². The summed E-state index contributed by atoms with van der Waals surface area (Å²) in [6, 6.07) is 8.36. The van der Waals surface area contributed by atoms with Gasteiger partial charge in [-0.15, -0.1) is 0 Å². The molecule has 1 aliphatic carbocycles. The number of hydrogen-bond donors (Lipinski definition) is 1. The Hall–Kier alpha value is -1.55. The van der Waals surface area contributed by atoms with Gasteiger partial charge in [-0.3, -0.25) is 10.1 Å². The molecule has 3 rings (SSSR count). The van der Waals surface area contributed by atoms with Crippen LogP contribution in [0, 0.1) is 5.92 Å². The van der Waals surface area contributed by atoms with E-state index in [-0.39, 0.29) is 12.1 Å². The average Bonchev–Trinajstić information content (AvgIpc) is 2.77. The van der Waals surface area contributed by atoms with Gasteiger partial charge in [0.25, 0.3) is 0 Å². The molecule has 0 aromatic heterocycles. The second kappa shape index (κ2) is 4.85. The Morgan fingerprint density at radius 1 is 1.26 bits per heavy atom. The van der Waals surface area contributed by atoms with Gasteiger partial charge in [0.15, 0.2) is 0 Å². The fourth-order valence-electron chi connectivity index (χ4n) is 3.08. The maximum absolute atomic E-state index is 12.1. The molecule has 4 heteroatoms. The van der Waals surface area contributed by atoms with Gasteiger partial charge in [-0.05, 0) is 36.5 Å². The molecule has 102 valence electrons. The van der Waals surface area contributed by atoms with Gasteiger partial charge in [-0.25, -0.2) is 0 Å². The van der Waals surface area contributed by atoms with E-state index in [1.807, 2.05) is 29.2 Å². The lowest BCUT2D eigenvalue weighted by Crippen LogP contribution is -2.46. The number of amides is 1. The Bertz CT molecular complexity index is 466. The molecule has 1 unspecified atom stereocenters. The number of rotatable bonds is 3. The Morgan fingerprint density at radius 3 is 2.53 bits per heavy atom.